The van der Waals surface area contributed by atoms with Gasteiger partial charge in [-0.25, -0.2) is 0 Å². The van der Waals surface area contributed by atoms with E-state index in [-0.39, 0.29) is 31.2 Å². The minimum atomic E-state index is -4.48. The lowest BCUT2D eigenvalue weighted by atomic mass is 9.93. The summed E-state index contributed by atoms with van der Waals surface area (Å²) in [5.41, 5.74) is 1.55. The van der Waals surface area contributed by atoms with Crippen LogP contribution in [0.5, 0.6) is 11.5 Å². The lowest BCUT2D eigenvalue weighted by Gasteiger charge is -2.35. The predicted molar refractivity (Wildman–Crippen MR) is 157 cm³/mol. The van der Waals surface area contributed by atoms with Gasteiger partial charge in [0.15, 0.2) is 5.43 Å². The zero-order valence-electron chi connectivity index (χ0n) is 23.8. The summed E-state index contributed by atoms with van der Waals surface area (Å²) in [7, 11) is 1.52. The van der Waals surface area contributed by atoms with Crippen LogP contribution in [-0.4, -0.2) is 43.4 Å². The molecule has 0 aliphatic heterocycles. The molecule has 0 aliphatic carbocycles. The maximum absolute atomic E-state index is 13.4. The number of benzene rings is 3. The zero-order valence-corrected chi connectivity index (χ0v) is 24.7. The third kappa shape index (κ3) is 8.06. The number of alkyl halides is 3. The fourth-order valence-electron chi connectivity index (χ4n) is 4.25. The van der Waals surface area contributed by atoms with Crippen molar-refractivity contribution in [3.8, 4) is 11.5 Å². The molecule has 0 amide bonds. The quantitative estimate of drug-likeness (QED) is 0.0793. The minimum absolute atomic E-state index is 0.0518. The molecule has 0 bridgehead atoms. The second-order valence-corrected chi connectivity index (χ2v) is 12.1. The molecule has 0 fully saturated rings. The Morgan fingerprint density at radius 3 is 2.38 bits per heavy atom. The van der Waals surface area contributed by atoms with E-state index in [0.717, 1.165) is 22.4 Å². The number of halogens is 3. The first-order valence-corrected chi connectivity index (χ1v) is 14.1. The highest BCUT2D eigenvalue weighted by Gasteiger charge is 2.32. The van der Waals surface area contributed by atoms with Gasteiger partial charge in [0.05, 0.1) is 29.9 Å². The molecule has 4 aromatic rings. The van der Waals surface area contributed by atoms with Gasteiger partial charge in [0, 0.05) is 27.3 Å². The normalized spacial score (nSPS) is 13.9. The number of hydrogen-bond donors (Lipinski definition) is 2. The average molecular weight is 606 g/mol. The Hall–Kier alpha value is -3.06. The van der Waals surface area contributed by atoms with Gasteiger partial charge in [-0.05, 0) is 87.7 Å². The van der Waals surface area contributed by atoms with Crippen molar-refractivity contribution >= 4 is 31.5 Å². The number of nitrogens with one attached hydrogen (secondary N) is 1. The Morgan fingerprint density at radius 1 is 0.929 bits per heavy atom. The zero-order chi connectivity index (χ0) is 30.5. The van der Waals surface area contributed by atoms with Crippen molar-refractivity contribution < 1.29 is 37.3 Å². The molecule has 0 radical (unpaired) electrons. The first-order chi connectivity index (χ1) is 19.8. The summed E-state index contributed by atoms with van der Waals surface area (Å²) in [6, 6.07) is 15.2. The predicted octanol–water partition coefficient (Wildman–Crippen LogP) is 6.83. The van der Waals surface area contributed by atoms with E-state index < -0.39 is 22.9 Å². The second-order valence-electron chi connectivity index (χ2n) is 11.1. The van der Waals surface area contributed by atoms with Crippen LogP contribution in [0.2, 0.25) is 0 Å². The van der Waals surface area contributed by atoms with Gasteiger partial charge in [-0.3, -0.25) is 9.63 Å². The molecular formula is C31H34F3NO6S. The van der Waals surface area contributed by atoms with Crippen LogP contribution in [0.1, 0.15) is 38.3 Å². The Kier molecular flexibility index (Phi) is 9.92. The van der Waals surface area contributed by atoms with Crippen molar-refractivity contribution in [2.24, 2.45) is 0 Å². The van der Waals surface area contributed by atoms with E-state index in [1.807, 2.05) is 39.0 Å². The van der Waals surface area contributed by atoms with E-state index in [0.29, 0.717) is 34.1 Å². The van der Waals surface area contributed by atoms with Crippen LogP contribution in [-0.2, 0) is 26.9 Å². The Balaban J connectivity index is 1.57. The molecule has 7 nitrogen and oxygen atoms in total. The smallest absolute Gasteiger partial charge is 0.416 e. The van der Waals surface area contributed by atoms with Crippen LogP contribution in [0, 0.1) is 0 Å². The van der Waals surface area contributed by atoms with Gasteiger partial charge in [0.25, 0.3) is 0 Å². The summed E-state index contributed by atoms with van der Waals surface area (Å²) < 4.78 is 56.9. The molecule has 0 aliphatic rings. The topological polar surface area (TPSA) is 86.3 Å². The van der Waals surface area contributed by atoms with Gasteiger partial charge >= 0.3 is 6.18 Å². The van der Waals surface area contributed by atoms with E-state index in [1.54, 1.807) is 18.2 Å². The molecule has 0 saturated carbocycles. The van der Waals surface area contributed by atoms with Crippen molar-refractivity contribution in [2.45, 2.75) is 50.9 Å². The standard InChI is InChI=1S/C31H34F3NO6S/c1-29(2,3)41-35-30(17-36,18-39-19-38-4)13-12-20-8-11-26-25(14-20)28(37)24-10-9-23(16-27(24)42-26)40-22-7-5-6-21(15-22)31(32,33)34/h5-11,14-16,35-36H,12-13,17-19H2,1-4H3. The summed E-state index contributed by atoms with van der Waals surface area (Å²) in [5.74, 6) is 0.380. The molecule has 1 unspecified atom stereocenters. The van der Waals surface area contributed by atoms with E-state index in [1.165, 1.54) is 30.6 Å². The van der Waals surface area contributed by atoms with E-state index in [2.05, 4.69) is 5.48 Å². The fourth-order valence-corrected chi connectivity index (χ4v) is 5.33. The second kappa shape index (κ2) is 13.1. The molecular weight excluding hydrogens is 571 g/mol. The molecule has 1 heterocycles. The van der Waals surface area contributed by atoms with E-state index in [4.69, 9.17) is 19.0 Å². The number of aryl methyl sites for hydroxylation is 1. The average Bonchev–Trinajstić information content (AvgIpc) is 2.94. The van der Waals surface area contributed by atoms with Crippen molar-refractivity contribution in [3.05, 3.63) is 82.0 Å². The maximum Gasteiger partial charge on any atom is 0.416 e. The maximum atomic E-state index is 13.4. The Bertz CT molecular complexity index is 1580. The molecule has 0 spiro atoms. The SMILES string of the molecule is COCOCC(CO)(CCc1ccc2sc3cc(Oc4cccc(C(F)(F)F)c4)ccc3c(=O)c2c1)NOC(C)(C)C. The molecule has 0 saturated heterocycles. The monoisotopic (exact) mass is 605 g/mol. The van der Waals surface area contributed by atoms with E-state index >= 15 is 0 Å². The number of methoxy groups -OCH3 is 1. The van der Waals surface area contributed by atoms with Crippen LogP contribution in [0.4, 0.5) is 13.2 Å². The van der Waals surface area contributed by atoms with Crippen molar-refractivity contribution in [2.75, 3.05) is 27.1 Å². The van der Waals surface area contributed by atoms with Crippen LogP contribution in [0.3, 0.4) is 0 Å². The molecule has 1 aromatic heterocycles. The summed E-state index contributed by atoms with van der Waals surface area (Å²) in [6.45, 7) is 5.64. The van der Waals surface area contributed by atoms with Crippen LogP contribution >= 0.6 is 11.3 Å². The number of fused-ring (bicyclic) bond motifs is 2. The Labute approximate surface area is 245 Å². The fraction of sp³-hybridized carbons (Fsp3) is 0.387. The van der Waals surface area contributed by atoms with Gasteiger partial charge in [-0.15, -0.1) is 11.3 Å². The highest BCUT2D eigenvalue weighted by molar-refractivity contribution is 7.24. The first kappa shape index (κ1) is 31.9. The molecule has 42 heavy (non-hydrogen) atoms. The number of aliphatic hydroxyl groups excluding tert-OH is 1. The number of aliphatic hydroxyl groups is 1. The van der Waals surface area contributed by atoms with Crippen LogP contribution in [0.15, 0.2) is 65.5 Å². The van der Waals surface area contributed by atoms with Crippen LogP contribution in [0.25, 0.3) is 20.2 Å². The number of ether oxygens (including phenoxy) is 3. The first-order valence-electron chi connectivity index (χ1n) is 13.3. The molecule has 1 atom stereocenters. The van der Waals surface area contributed by atoms with Crippen molar-refractivity contribution in [1.82, 2.24) is 5.48 Å². The van der Waals surface area contributed by atoms with Crippen molar-refractivity contribution in [1.29, 1.82) is 0 Å². The minimum Gasteiger partial charge on any atom is -0.457 e. The van der Waals surface area contributed by atoms with Crippen LogP contribution < -0.4 is 15.6 Å². The Morgan fingerprint density at radius 2 is 1.69 bits per heavy atom. The summed E-state index contributed by atoms with van der Waals surface area (Å²) >= 11 is 1.39. The third-order valence-corrected chi connectivity index (χ3v) is 7.59. The molecule has 3 aromatic carbocycles. The molecule has 4 rings (SSSR count). The molecule has 226 valence electrons. The van der Waals surface area contributed by atoms with Gasteiger partial charge in [-0.1, -0.05) is 12.1 Å². The van der Waals surface area contributed by atoms with Gasteiger partial charge < -0.3 is 19.3 Å². The third-order valence-electron chi connectivity index (χ3n) is 6.45. The summed E-state index contributed by atoms with van der Waals surface area (Å²) in [5, 5.41) is 11.3. The molecule has 2 N–H and O–H groups in total. The van der Waals surface area contributed by atoms with Gasteiger partial charge in [-0.2, -0.15) is 18.7 Å². The largest absolute Gasteiger partial charge is 0.457 e. The molecule has 11 heteroatoms. The highest BCUT2D eigenvalue weighted by atomic mass is 32.1. The number of rotatable bonds is 12. The number of hydroxylamine groups is 1. The highest BCUT2D eigenvalue weighted by Crippen LogP contribution is 2.34. The van der Waals surface area contributed by atoms with Gasteiger partial charge in [0.2, 0.25) is 0 Å². The van der Waals surface area contributed by atoms with E-state index in [9.17, 15) is 23.1 Å². The summed E-state index contributed by atoms with van der Waals surface area (Å²) in [6.07, 6.45) is -3.50. The van der Waals surface area contributed by atoms with Crippen molar-refractivity contribution in [3.63, 3.8) is 0 Å². The lowest BCUT2D eigenvalue weighted by Crippen LogP contribution is -2.54. The van der Waals surface area contributed by atoms with Gasteiger partial charge in [0.1, 0.15) is 18.3 Å². The lowest BCUT2D eigenvalue weighted by molar-refractivity contribution is -0.152. The summed E-state index contributed by atoms with van der Waals surface area (Å²) in [4.78, 5) is 19.2. The number of hydrogen-bond acceptors (Lipinski definition) is 8.